The summed E-state index contributed by atoms with van der Waals surface area (Å²) in [7, 11) is 0. The molecule has 1 N–H and O–H groups in total. The Morgan fingerprint density at radius 2 is 2.24 bits per heavy atom. The zero-order valence-electron chi connectivity index (χ0n) is 9.17. The second-order valence-electron chi connectivity index (χ2n) is 4.51. The third-order valence-electron chi connectivity index (χ3n) is 3.03. The SMILES string of the molecule is O=C(CC1(CS)CC1)Nc1ccc(I)cc1Br. The van der Waals surface area contributed by atoms with Crippen molar-refractivity contribution in [2.75, 3.05) is 11.1 Å². The van der Waals surface area contributed by atoms with Gasteiger partial charge in [-0.05, 0) is 80.7 Å². The Morgan fingerprint density at radius 3 is 2.76 bits per heavy atom. The van der Waals surface area contributed by atoms with Gasteiger partial charge < -0.3 is 5.32 Å². The van der Waals surface area contributed by atoms with Crippen LogP contribution in [0.15, 0.2) is 22.7 Å². The van der Waals surface area contributed by atoms with Gasteiger partial charge in [0, 0.05) is 14.5 Å². The van der Waals surface area contributed by atoms with E-state index in [2.05, 4.69) is 56.5 Å². The number of anilines is 1. The van der Waals surface area contributed by atoms with Crippen LogP contribution in [-0.4, -0.2) is 11.7 Å². The molecule has 0 saturated heterocycles. The van der Waals surface area contributed by atoms with Gasteiger partial charge >= 0.3 is 0 Å². The second kappa shape index (κ2) is 5.48. The molecule has 2 nitrogen and oxygen atoms in total. The van der Waals surface area contributed by atoms with E-state index in [1.165, 1.54) is 0 Å². The molecule has 92 valence electrons. The van der Waals surface area contributed by atoms with Crippen molar-refractivity contribution in [1.29, 1.82) is 0 Å². The quantitative estimate of drug-likeness (QED) is 0.552. The minimum Gasteiger partial charge on any atom is -0.325 e. The van der Waals surface area contributed by atoms with E-state index in [1.54, 1.807) is 0 Å². The summed E-state index contributed by atoms with van der Waals surface area (Å²) in [6, 6.07) is 5.89. The first kappa shape index (κ1) is 13.7. The molecule has 0 aliphatic heterocycles. The molecule has 2 rings (SSSR count). The van der Waals surface area contributed by atoms with Gasteiger partial charge in [-0.3, -0.25) is 4.79 Å². The Balaban J connectivity index is 1.98. The van der Waals surface area contributed by atoms with Crippen molar-refractivity contribution in [3.63, 3.8) is 0 Å². The topological polar surface area (TPSA) is 29.1 Å². The van der Waals surface area contributed by atoms with Crippen molar-refractivity contribution in [3.05, 3.63) is 26.2 Å². The van der Waals surface area contributed by atoms with Gasteiger partial charge in [-0.2, -0.15) is 12.6 Å². The Morgan fingerprint density at radius 1 is 1.53 bits per heavy atom. The van der Waals surface area contributed by atoms with Gasteiger partial charge in [0.1, 0.15) is 0 Å². The number of benzene rings is 1. The standard InChI is InChI=1S/C12H13BrINOS/c13-9-5-8(14)1-2-10(9)15-11(16)6-12(7-17)3-4-12/h1-2,5,17H,3-4,6-7H2,(H,15,16). The summed E-state index contributed by atoms with van der Waals surface area (Å²) >= 11 is 10.0. The van der Waals surface area contributed by atoms with E-state index in [0.717, 1.165) is 32.3 Å². The molecular formula is C12H13BrINOS. The van der Waals surface area contributed by atoms with Gasteiger partial charge in [0.05, 0.1) is 5.69 Å². The highest BCUT2D eigenvalue weighted by Crippen LogP contribution is 2.49. The molecule has 17 heavy (non-hydrogen) atoms. The van der Waals surface area contributed by atoms with Gasteiger partial charge in [0.15, 0.2) is 0 Å². The number of rotatable bonds is 4. The predicted molar refractivity (Wildman–Crippen MR) is 85.6 cm³/mol. The zero-order chi connectivity index (χ0) is 12.5. The van der Waals surface area contributed by atoms with Crippen LogP contribution >= 0.6 is 51.1 Å². The Bertz CT molecular complexity index is 448. The Kier molecular flexibility index (Phi) is 4.41. The van der Waals surface area contributed by atoms with Crippen molar-refractivity contribution in [2.24, 2.45) is 5.41 Å². The average molecular weight is 426 g/mol. The van der Waals surface area contributed by atoms with Crippen LogP contribution in [0.2, 0.25) is 0 Å². The van der Waals surface area contributed by atoms with E-state index >= 15 is 0 Å². The van der Waals surface area contributed by atoms with Gasteiger partial charge in [-0.15, -0.1) is 0 Å². The first-order valence-corrected chi connectivity index (χ1v) is 7.91. The first-order chi connectivity index (χ1) is 8.04. The third kappa shape index (κ3) is 3.61. The van der Waals surface area contributed by atoms with Crippen molar-refractivity contribution >= 4 is 62.7 Å². The maximum Gasteiger partial charge on any atom is 0.224 e. The minimum atomic E-state index is 0.0819. The van der Waals surface area contributed by atoms with Crippen LogP contribution in [0, 0.1) is 8.99 Å². The highest BCUT2D eigenvalue weighted by Gasteiger charge is 2.42. The Hall–Kier alpha value is 0.250. The predicted octanol–water partition coefficient (Wildman–Crippen LogP) is 4.09. The lowest BCUT2D eigenvalue weighted by atomic mass is 10.1. The number of amides is 1. The van der Waals surface area contributed by atoms with Crippen molar-refractivity contribution in [1.82, 2.24) is 0 Å². The van der Waals surface area contributed by atoms with E-state index in [4.69, 9.17) is 0 Å². The molecule has 1 aromatic carbocycles. The highest BCUT2D eigenvalue weighted by molar-refractivity contribution is 14.1. The molecular weight excluding hydrogens is 413 g/mol. The maximum absolute atomic E-state index is 11.9. The zero-order valence-corrected chi connectivity index (χ0v) is 13.8. The average Bonchev–Trinajstić information content (AvgIpc) is 3.03. The molecule has 0 aromatic heterocycles. The summed E-state index contributed by atoms with van der Waals surface area (Å²) in [5.74, 6) is 0.882. The van der Waals surface area contributed by atoms with Crippen molar-refractivity contribution in [3.8, 4) is 0 Å². The lowest BCUT2D eigenvalue weighted by molar-refractivity contribution is -0.117. The highest BCUT2D eigenvalue weighted by atomic mass is 127. The molecule has 0 heterocycles. The van der Waals surface area contributed by atoms with Crippen LogP contribution in [0.5, 0.6) is 0 Å². The van der Waals surface area contributed by atoms with E-state index in [0.29, 0.717) is 6.42 Å². The molecule has 1 aliphatic rings. The van der Waals surface area contributed by atoms with Crippen LogP contribution in [-0.2, 0) is 4.79 Å². The normalized spacial score (nSPS) is 16.6. The van der Waals surface area contributed by atoms with Crippen LogP contribution < -0.4 is 5.32 Å². The van der Waals surface area contributed by atoms with Gasteiger partial charge in [0.25, 0.3) is 0 Å². The summed E-state index contributed by atoms with van der Waals surface area (Å²) in [4.78, 5) is 11.9. The smallest absolute Gasteiger partial charge is 0.224 e. The Labute approximate surface area is 129 Å². The monoisotopic (exact) mass is 425 g/mol. The number of thiol groups is 1. The van der Waals surface area contributed by atoms with E-state index in [-0.39, 0.29) is 11.3 Å². The van der Waals surface area contributed by atoms with Gasteiger partial charge in [-0.1, -0.05) is 0 Å². The molecule has 1 aromatic rings. The fraction of sp³-hybridized carbons (Fsp3) is 0.417. The van der Waals surface area contributed by atoms with Gasteiger partial charge in [0.2, 0.25) is 5.91 Å². The number of halogens is 2. The largest absolute Gasteiger partial charge is 0.325 e. The second-order valence-corrected chi connectivity index (χ2v) is 6.92. The van der Waals surface area contributed by atoms with Crippen molar-refractivity contribution < 1.29 is 4.79 Å². The van der Waals surface area contributed by atoms with E-state index in [9.17, 15) is 4.79 Å². The molecule has 0 spiro atoms. The lowest BCUT2D eigenvalue weighted by Crippen LogP contribution is -2.18. The van der Waals surface area contributed by atoms with Crippen LogP contribution in [0.3, 0.4) is 0 Å². The molecule has 0 unspecified atom stereocenters. The molecule has 0 bridgehead atoms. The number of hydrogen-bond acceptors (Lipinski definition) is 2. The molecule has 0 atom stereocenters. The van der Waals surface area contributed by atoms with Crippen LogP contribution in [0.1, 0.15) is 19.3 Å². The summed E-state index contributed by atoms with van der Waals surface area (Å²) < 4.78 is 2.06. The third-order valence-corrected chi connectivity index (χ3v) is 5.03. The minimum absolute atomic E-state index is 0.0819. The molecule has 1 saturated carbocycles. The maximum atomic E-state index is 11.9. The van der Waals surface area contributed by atoms with E-state index < -0.39 is 0 Å². The summed E-state index contributed by atoms with van der Waals surface area (Å²) in [6.45, 7) is 0. The summed E-state index contributed by atoms with van der Waals surface area (Å²) in [5, 5.41) is 2.94. The number of carbonyl (C=O) groups excluding carboxylic acids is 1. The summed E-state index contributed by atoms with van der Waals surface area (Å²) in [5.41, 5.74) is 1.01. The van der Waals surface area contributed by atoms with Crippen LogP contribution in [0.25, 0.3) is 0 Å². The fourth-order valence-corrected chi connectivity index (χ4v) is 3.52. The van der Waals surface area contributed by atoms with Crippen molar-refractivity contribution in [2.45, 2.75) is 19.3 Å². The summed E-state index contributed by atoms with van der Waals surface area (Å²) in [6.07, 6.45) is 2.82. The molecule has 1 fully saturated rings. The van der Waals surface area contributed by atoms with Crippen LogP contribution in [0.4, 0.5) is 5.69 Å². The molecule has 1 amide bonds. The van der Waals surface area contributed by atoms with E-state index in [1.807, 2.05) is 18.2 Å². The number of carbonyl (C=O) groups is 1. The fourth-order valence-electron chi connectivity index (χ4n) is 1.69. The molecule has 0 radical (unpaired) electrons. The lowest BCUT2D eigenvalue weighted by Gasteiger charge is -2.12. The van der Waals surface area contributed by atoms with Gasteiger partial charge in [-0.25, -0.2) is 0 Å². The number of hydrogen-bond donors (Lipinski definition) is 2. The molecule has 1 aliphatic carbocycles. The first-order valence-electron chi connectivity index (χ1n) is 5.40. The number of nitrogens with one attached hydrogen (secondary N) is 1. The molecule has 5 heteroatoms.